The van der Waals surface area contributed by atoms with Crippen LogP contribution in [0, 0.1) is 46.3 Å². The quantitative estimate of drug-likeness (QED) is 0.0731. The molecule has 4 aliphatic carbocycles. The van der Waals surface area contributed by atoms with Crippen molar-refractivity contribution in [1.29, 1.82) is 0 Å². The summed E-state index contributed by atoms with van der Waals surface area (Å²) in [5, 5.41) is 0. The molecule has 0 aromatic rings. The molecule has 4 rings (SSSR count). The molecular weight excluding hydrogens is 597 g/mol. The average molecular weight is 673 g/mol. The number of carbonyl (C=O) groups excluding carboxylic acids is 1. The normalized spacial score (nSPS) is 32.2. The molecule has 276 valence electrons. The maximum Gasteiger partial charge on any atom is 0.306 e. The molecule has 0 radical (unpaired) electrons. The Morgan fingerprint density at radius 3 is 2.14 bits per heavy atom. The Hall–Kier alpha value is -1.83. The summed E-state index contributed by atoms with van der Waals surface area (Å²) >= 11 is 0. The highest BCUT2D eigenvalue weighted by molar-refractivity contribution is 5.69. The van der Waals surface area contributed by atoms with E-state index >= 15 is 0 Å². The zero-order valence-corrected chi connectivity index (χ0v) is 32.9. The van der Waals surface area contributed by atoms with Gasteiger partial charge < -0.3 is 4.74 Å². The SMILES string of the molecule is CCCCC/C=C\C/C=C\C/C=C\C/C=C\CCCC(=O)O[C@@H]1CC[C@@]2(C)C(=CC[C@H]3[C@@H]4CC[C@H]([C@H](C)CCCC(C)C)[C@@]4(C)CC[C@@H]32)C1. The summed E-state index contributed by atoms with van der Waals surface area (Å²) in [6, 6.07) is 0. The molecule has 3 fully saturated rings. The van der Waals surface area contributed by atoms with Crippen molar-refractivity contribution in [3.05, 3.63) is 60.3 Å². The Morgan fingerprint density at radius 2 is 1.47 bits per heavy atom. The van der Waals surface area contributed by atoms with Crippen LogP contribution in [0.2, 0.25) is 0 Å². The lowest BCUT2D eigenvalue weighted by atomic mass is 9.47. The average Bonchev–Trinajstić information content (AvgIpc) is 3.43. The molecule has 0 unspecified atom stereocenters. The van der Waals surface area contributed by atoms with E-state index in [9.17, 15) is 4.79 Å². The second-order valence-electron chi connectivity index (χ2n) is 17.6. The van der Waals surface area contributed by atoms with Crippen molar-refractivity contribution in [2.75, 3.05) is 0 Å². The van der Waals surface area contributed by atoms with Crippen molar-refractivity contribution in [2.24, 2.45) is 46.3 Å². The second-order valence-corrected chi connectivity index (χ2v) is 17.6. The Morgan fingerprint density at radius 1 is 0.796 bits per heavy atom. The first kappa shape index (κ1) is 39.9. The number of esters is 1. The maximum atomic E-state index is 12.8. The van der Waals surface area contributed by atoms with Crippen LogP contribution in [0.4, 0.5) is 0 Å². The molecule has 0 N–H and O–H groups in total. The van der Waals surface area contributed by atoms with E-state index in [4.69, 9.17) is 4.74 Å². The van der Waals surface area contributed by atoms with E-state index in [1.807, 2.05) is 0 Å². The third-order valence-electron chi connectivity index (χ3n) is 13.8. The van der Waals surface area contributed by atoms with Crippen LogP contribution in [0.3, 0.4) is 0 Å². The van der Waals surface area contributed by atoms with E-state index in [2.05, 4.69) is 96.2 Å². The molecule has 0 spiro atoms. The van der Waals surface area contributed by atoms with Gasteiger partial charge in [0.1, 0.15) is 6.10 Å². The molecule has 0 saturated heterocycles. The number of carbonyl (C=O) groups is 1. The zero-order chi connectivity index (χ0) is 35.1. The lowest BCUT2D eigenvalue weighted by Crippen LogP contribution is -2.51. The second kappa shape index (κ2) is 20.3. The standard InChI is InChI=1S/C47H76O2/c1-7-8-9-10-11-12-13-14-15-16-17-18-19-20-21-22-23-27-45(48)49-40-32-34-46(5)39(36-40)28-29-41-43-31-30-42(38(4)26-24-25-37(2)3)47(43,6)35-33-44(41)46/h11-12,14-15,17-18,20-21,28,37-38,40-44H,7-10,13,16,19,22-27,29-36H2,1-6H3/b12-11-,15-14-,18-17-,21-20-/t38-,40-,41+,42-,43+,44+,46+,47-/m1/s1. The summed E-state index contributed by atoms with van der Waals surface area (Å²) in [7, 11) is 0. The first-order chi connectivity index (χ1) is 23.7. The zero-order valence-electron chi connectivity index (χ0n) is 32.9. The van der Waals surface area contributed by atoms with Crippen molar-refractivity contribution >= 4 is 5.97 Å². The fourth-order valence-electron chi connectivity index (χ4n) is 10.9. The van der Waals surface area contributed by atoms with Crippen LogP contribution in [-0.4, -0.2) is 12.1 Å². The molecule has 49 heavy (non-hydrogen) atoms. The molecular formula is C47H76O2. The fraction of sp³-hybridized carbons (Fsp3) is 0.766. The van der Waals surface area contributed by atoms with Crippen molar-refractivity contribution < 1.29 is 9.53 Å². The monoisotopic (exact) mass is 673 g/mol. The summed E-state index contributed by atoms with van der Waals surface area (Å²) in [4.78, 5) is 12.8. The van der Waals surface area contributed by atoms with Gasteiger partial charge in [0.2, 0.25) is 0 Å². The van der Waals surface area contributed by atoms with Gasteiger partial charge in [-0.1, -0.05) is 134 Å². The summed E-state index contributed by atoms with van der Waals surface area (Å²) in [6.07, 6.45) is 45.7. The number of allylic oxidation sites excluding steroid dienone is 9. The lowest BCUT2D eigenvalue weighted by molar-refractivity contribution is -0.151. The van der Waals surface area contributed by atoms with Crippen molar-refractivity contribution in [2.45, 2.75) is 182 Å². The van der Waals surface area contributed by atoms with Gasteiger partial charge in [-0.2, -0.15) is 0 Å². The highest BCUT2D eigenvalue weighted by atomic mass is 16.5. The fourth-order valence-corrected chi connectivity index (χ4v) is 10.9. The third-order valence-corrected chi connectivity index (χ3v) is 13.8. The van der Waals surface area contributed by atoms with Gasteiger partial charge >= 0.3 is 5.97 Å². The van der Waals surface area contributed by atoms with Gasteiger partial charge in [0, 0.05) is 12.8 Å². The van der Waals surface area contributed by atoms with Crippen molar-refractivity contribution in [3.8, 4) is 0 Å². The number of unbranched alkanes of at least 4 members (excludes halogenated alkanes) is 4. The summed E-state index contributed by atoms with van der Waals surface area (Å²) < 4.78 is 6.10. The lowest BCUT2D eigenvalue weighted by Gasteiger charge is -2.58. The first-order valence-corrected chi connectivity index (χ1v) is 21.2. The number of ether oxygens (including phenoxy) is 1. The molecule has 2 heteroatoms. The Balaban J connectivity index is 1.13. The van der Waals surface area contributed by atoms with Gasteiger partial charge in [-0.15, -0.1) is 0 Å². The van der Waals surface area contributed by atoms with Gasteiger partial charge in [-0.25, -0.2) is 0 Å². The van der Waals surface area contributed by atoms with Crippen LogP contribution in [-0.2, 0) is 9.53 Å². The van der Waals surface area contributed by atoms with Crippen LogP contribution < -0.4 is 0 Å². The van der Waals surface area contributed by atoms with Crippen LogP contribution in [0.15, 0.2) is 60.3 Å². The molecule has 0 amide bonds. The topological polar surface area (TPSA) is 26.3 Å². The van der Waals surface area contributed by atoms with Crippen LogP contribution in [0.25, 0.3) is 0 Å². The minimum absolute atomic E-state index is 0.00622. The first-order valence-electron chi connectivity index (χ1n) is 21.2. The smallest absolute Gasteiger partial charge is 0.306 e. The largest absolute Gasteiger partial charge is 0.462 e. The highest BCUT2D eigenvalue weighted by Crippen LogP contribution is 2.67. The van der Waals surface area contributed by atoms with Gasteiger partial charge in [-0.3, -0.25) is 4.79 Å². The predicted molar refractivity (Wildman–Crippen MR) is 211 cm³/mol. The molecule has 4 aliphatic rings. The number of fused-ring (bicyclic) bond motifs is 5. The summed E-state index contributed by atoms with van der Waals surface area (Å²) in [5.74, 6) is 5.21. The Bertz CT molecular complexity index is 1140. The van der Waals surface area contributed by atoms with E-state index in [0.29, 0.717) is 17.3 Å². The number of hydrogen-bond donors (Lipinski definition) is 0. The van der Waals surface area contributed by atoms with Gasteiger partial charge in [0.05, 0.1) is 0 Å². The molecule has 3 saturated carbocycles. The predicted octanol–water partition coefficient (Wildman–Crippen LogP) is 14.1. The van der Waals surface area contributed by atoms with Crippen molar-refractivity contribution in [1.82, 2.24) is 0 Å². The molecule has 2 nitrogen and oxygen atoms in total. The molecule has 0 bridgehead atoms. The van der Waals surface area contributed by atoms with Crippen LogP contribution in [0.5, 0.6) is 0 Å². The molecule has 8 atom stereocenters. The maximum absolute atomic E-state index is 12.8. The number of hydrogen-bond acceptors (Lipinski definition) is 2. The van der Waals surface area contributed by atoms with E-state index in [-0.39, 0.29) is 12.1 Å². The van der Waals surface area contributed by atoms with Gasteiger partial charge in [0.15, 0.2) is 0 Å². The van der Waals surface area contributed by atoms with Crippen LogP contribution >= 0.6 is 0 Å². The highest BCUT2D eigenvalue weighted by Gasteiger charge is 2.59. The van der Waals surface area contributed by atoms with Gasteiger partial charge in [-0.05, 0) is 136 Å². The number of rotatable bonds is 20. The van der Waals surface area contributed by atoms with Crippen LogP contribution in [0.1, 0.15) is 176 Å². The molecule has 0 aliphatic heterocycles. The molecule has 0 heterocycles. The van der Waals surface area contributed by atoms with E-state index in [1.54, 1.807) is 5.57 Å². The Kier molecular flexibility index (Phi) is 16.5. The Labute approximate surface area is 303 Å². The third kappa shape index (κ3) is 11.3. The molecule has 0 aromatic heterocycles. The van der Waals surface area contributed by atoms with E-state index in [1.165, 1.54) is 83.5 Å². The molecule has 0 aromatic carbocycles. The van der Waals surface area contributed by atoms with E-state index < -0.39 is 0 Å². The van der Waals surface area contributed by atoms with Gasteiger partial charge in [0.25, 0.3) is 0 Å². The minimum Gasteiger partial charge on any atom is -0.462 e. The summed E-state index contributed by atoms with van der Waals surface area (Å²) in [6.45, 7) is 14.9. The van der Waals surface area contributed by atoms with Crippen molar-refractivity contribution in [3.63, 3.8) is 0 Å². The summed E-state index contributed by atoms with van der Waals surface area (Å²) in [5.41, 5.74) is 2.48. The van der Waals surface area contributed by atoms with E-state index in [0.717, 1.165) is 80.5 Å². The minimum atomic E-state index is 0.00622.